The van der Waals surface area contributed by atoms with E-state index in [1.807, 2.05) is 12.1 Å². The van der Waals surface area contributed by atoms with E-state index < -0.39 is 0 Å². The van der Waals surface area contributed by atoms with Crippen molar-refractivity contribution in [2.45, 2.75) is 52.2 Å². The van der Waals surface area contributed by atoms with Gasteiger partial charge in [0.05, 0.1) is 0 Å². The Morgan fingerprint density at radius 3 is 2.54 bits per heavy atom. The van der Waals surface area contributed by atoms with Gasteiger partial charge in [-0.3, -0.25) is 4.90 Å². The number of benzene rings is 2. The topological polar surface area (TPSA) is 8.17 Å². The fraction of sp³-hybridized carbons (Fsp3) is 0.391. The third-order valence-corrected chi connectivity index (χ3v) is 6.12. The van der Waals surface area contributed by atoms with E-state index in [2.05, 4.69) is 55.5 Å². The van der Waals surface area contributed by atoms with E-state index >= 15 is 0 Å². The third-order valence-electron chi connectivity index (χ3n) is 6.12. The van der Waals surface area contributed by atoms with Crippen molar-refractivity contribution in [3.8, 4) is 0 Å². The summed E-state index contributed by atoms with van der Waals surface area (Å²) in [6, 6.07) is 14.7. The molecule has 0 bridgehead atoms. The molecule has 0 aliphatic carbocycles. The molecule has 2 nitrogen and oxygen atoms in total. The average Bonchev–Trinajstić information content (AvgIpc) is 2.92. The first-order valence-corrected chi connectivity index (χ1v) is 9.53. The van der Waals surface area contributed by atoms with Crippen LogP contribution in [0.5, 0.6) is 0 Å². The van der Waals surface area contributed by atoms with E-state index in [0.29, 0.717) is 12.1 Å². The van der Waals surface area contributed by atoms with Gasteiger partial charge >= 0.3 is 0 Å². The van der Waals surface area contributed by atoms with Crippen molar-refractivity contribution < 1.29 is 4.39 Å². The first-order chi connectivity index (χ1) is 12.5. The van der Waals surface area contributed by atoms with Gasteiger partial charge in [-0.25, -0.2) is 4.39 Å². The minimum atomic E-state index is -0.168. The SMILES string of the molecule is Cc1ccc2c(c1)c1c(n2CCc2ccc(F)cc2)CC(C)N(C)C1C. The zero-order valence-electron chi connectivity index (χ0n) is 16.1. The van der Waals surface area contributed by atoms with Gasteiger partial charge in [-0.15, -0.1) is 0 Å². The molecule has 0 saturated carbocycles. The molecule has 0 amide bonds. The molecule has 0 radical (unpaired) electrons. The van der Waals surface area contributed by atoms with Crippen molar-refractivity contribution in [2.75, 3.05) is 7.05 Å². The van der Waals surface area contributed by atoms with Crippen LogP contribution < -0.4 is 0 Å². The van der Waals surface area contributed by atoms with Crippen molar-refractivity contribution in [2.24, 2.45) is 0 Å². The summed E-state index contributed by atoms with van der Waals surface area (Å²) >= 11 is 0. The lowest BCUT2D eigenvalue weighted by Crippen LogP contribution is -2.38. The molecule has 3 heteroatoms. The van der Waals surface area contributed by atoms with E-state index in [1.165, 1.54) is 33.3 Å². The molecule has 2 heterocycles. The van der Waals surface area contributed by atoms with Gasteiger partial charge in [0.1, 0.15) is 5.82 Å². The first kappa shape index (κ1) is 17.3. The molecule has 0 N–H and O–H groups in total. The number of aromatic nitrogens is 1. The minimum absolute atomic E-state index is 0.168. The fourth-order valence-electron chi connectivity index (χ4n) is 4.39. The molecule has 1 aliphatic heterocycles. The van der Waals surface area contributed by atoms with Crippen LogP contribution in [-0.4, -0.2) is 22.6 Å². The minimum Gasteiger partial charge on any atom is -0.344 e. The number of nitrogens with zero attached hydrogens (tertiary/aromatic N) is 2. The molecule has 2 aromatic carbocycles. The van der Waals surface area contributed by atoms with Crippen LogP contribution in [0.4, 0.5) is 4.39 Å². The zero-order valence-corrected chi connectivity index (χ0v) is 16.1. The number of aryl methyl sites for hydroxylation is 3. The Bertz CT molecular complexity index is 939. The summed E-state index contributed by atoms with van der Waals surface area (Å²) in [7, 11) is 2.23. The van der Waals surface area contributed by atoms with Gasteiger partial charge in [0.15, 0.2) is 0 Å². The van der Waals surface area contributed by atoms with Crippen molar-refractivity contribution in [1.82, 2.24) is 9.47 Å². The van der Waals surface area contributed by atoms with Crippen LogP contribution in [0, 0.1) is 12.7 Å². The van der Waals surface area contributed by atoms with E-state index in [-0.39, 0.29) is 5.82 Å². The molecule has 0 spiro atoms. The average molecular weight is 350 g/mol. The molecule has 4 rings (SSSR count). The maximum absolute atomic E-state index is 13.2. The van der Waals surface area contributed by atoms with Crippen molar-refractivity contribution in [3.63, 3.8) is 0 Å². The second-order valence-electron chi connectivity index (χ2n) is 7.80. The Hall–Kier alpha value is -2.13. The number of rotatable bonds is 3. The Balaban J connectivity index is 1.79. The second-order valence-corrected chi connectivity index (χ2v) is 7.80. The molecule has 0 saturated heterocycles. The molecule has 26 heavy (non-hydrogen) atoms. The number of hydrogen-bond acceptors (Lipinski definition) is 1. The largest absolute Gasteiger partial charge is 0.344 e. The normalized spacial score (nSPS) is 20.5. The molecule has 2 atom stereocenters. The molecule has 2 unspecified atom stereocenters. The molecular weight excluding hydrogens is 323 g/mol. The predicted octanol–water partition coefficient (Wildman–Crippen LogP) is 5.27. The van der Waals surface area contributed by atoms with Gasteiger partial charge in [-0.1, -0.05) is 23.8 Å². The highest BCUT2D eigenvalue weighted by atomic mass is 19.1. The van der Waals surface area contributed by atoms with Crippen LogP contribution in [0.3, 0.4) is 0 Å². The Morgan fingerprint density at radius 2 is 1.81 bits per heavy atom. The first-order valence-electron chi connectivity index (χ1n) is 9.53. The highest BCUT2D eigenvalue weighted by Gasteiger charge is 2.31. The zero-order chi connectivity index (χ0) is 18.4. The number of likely N-dealkylation sites (N-methyl/N-ethyl adjacent to an activating group) is 1. The molecule has 3 aromatic rings. The molecule has 1 aliphatic rings. The number of fused-ring (bicyclic) bond motifs is 3. The van der Waals surface area contributed by atoms with Crippen LogP contribution in [0.25, 0.3) is 10.9 Å². The van der Waals surface area contributed by atoms with Gasteiger partial charge in [-0.2, -0.15) is 0 Å². The molecule has 136 valence electrons. The number of hydrogen-bond donors (Lipinski definition) is 0. The summed E-state index contributed by atoms with van der Waals surface area (Å²) in [6.07, 6.45) is 2.00. The Kier molecular flexibility index (Phi) is 4.36. The van der Waals surface area contributed by atoms with Gasteiger partial charge in [0.2, 0.25) is 0 Å². The van der Waals surface area contributed by atoms with Crippen LogP contribution >= 0.6 is 0 Å². The van der Waals surface area contributed by atoms with Gasteiger partial charge in [0, 0.05) is 41.6 Å². The summed E-state index contributed by atoms with van der Waals surface area (Å²) in [4.78, 5) is 2.48. The van der Waals surface area contributed by atoms with Crippen molar-refractivity contribution >= 4 is 10.9 Å². The standard InChI is InChI=1S/C23H27FN2/c1-15-5-10-21-20(13-15)23-17(3)25(4)16(2)14-22(23)26(21)12-11-18-6-8-19(24)9-7-18/h5-10,13,16-17H,11-12,14H2,1-4H3. The highest BCUT2D eigenvalue weighted by molar-refractivity contribution is 5.87. The maximum atomic E-state index is 13.2. The van der Waals surface area contributed by atoms with E-state index in [4.69, 9.17) is 0 Å². The Morgan fingerprint density at radius 1 is 1.08 bits per heavy atom. The van der Waals surface area contributed by atoms with Crippen LogP contribution in [0.15, 0.2) is 42.5 Å². The van der Waals surface area contributed by atoms with Crippen LogP contribution in [0.1, 0.15) is 42.3 Å². The lowest BCUT2D eigenvalue weighted by atomic mass is 9.93. The van der Waals surface area contributed by atoms with Crippen LogP contribution in [0.2, 0.25) is 0 Å². The third kappa shape index (κ3) is 2.84. The summed E-state index contributed by atoms with van der Waals surface area (Å²) in [5.41, 5.74) is 6.79. The van der Waals surface area contributed by atoms with E-state index in [0.717, 1.165) is 19.4 Å². The summed E-state index contributed by atoms with van der Waals surface area (Å²) in [5, 5.41) is 1.39. The quantitative estimate of drug-likeness (QED) is 0.625. The lowest BCUT2D eigenvalue weighted by Gasteiger charge is -2.37. The molecular formula is C23H27FN2. The maximum Gasteiger partial charge on any atom is 0.123 e. The van der Waals surface area contributed by atoms with Gasteiger partial charge in [-0.05, 0) is 69.6 Å². The second kappa shape index (κ2) is 6.55. The van der Waals surface area contributed by atoms with E-state index in [1.54, 1.807) is 12.1 Å². The van der Waals surface area contributed by atoms with E-state index in [9.17, 15) is 4.39 Å². The summed E-state index contributed by atoms with van der Waals surface area (Å²) < 4.78 is 15.7. The molecule has 1 aromatic heterocycles. The highest BCUT2D eigenvalue weighted by Crippen LogP contribution is 2.39. The fourth-order valence-corrected chi connectivity index (χ4v) is 4.39. The van der Waals surface area contributed by atoms with Gasteiger partial charge < -0.3 is 4.57 Å². The Labute approximate surface area is 155 Å². The monoisotopic (exact) mass is 350 g/mol. The van der Waals surface area contributed by atoms with Gasteiger partial charge in [0.25, 0.3) is 0 Å². The lowest BCUT2D eigenvalue weighted by molar-refractivity contribution is 0.177. The number of halogens is 1. The summed E-state index contributed by atoms with van der Waals surface area (Å²) in [5.74, 6) is -0.168. The van der Waals surface area contributed by atoms with Crippen molar-refractivity contribution in [1.29, 1.82) is 0 Å². The van der Waals surface area contributed by atoms with Crippen LogP contribution in [-0.2, 0) is 19.4 Å². The predicted molar refractivity (Wildman–Crippen MR) is 106 cm³/mol. The summed E-state index contributed by atoms with van der Waals surface area (Å²) in [6.45, 7) is 7.73. The smallest absolute Gasteiger partial charge is 0.123 e. The van der Waals surface area contributed by atoms with Crippen molar-refractivity contribution in [3.05, 3.63) is 70.7 Å². The molecule has 0 fully saturated rings.